The molecule has 1 aliphatic heterocycles. The molecule has 0 fully saturated rings. The van der Waals surface area contributed by atoms with Crippen molar-refractivity contribution >= 4 is 0 Å². The fourth-order valence-corrected chi connectivity index (χ4v) is 2.45. The molecule has 0 aromatic heterocycles. The van der Waals surface area contributed by atoms with E-state index in [1.165, 1.54) is 11.6 Å². The number of hydrogen-bond donors (Lipinski definition) is 1. The molecular weight excluding hydrogens is 265 g/mol. The smallest absolute Gasteiger partial charge is 0.326 e. The molecule has 0 saturated carbocycles. The topological polar surface area (TPSA) is 29.3 Å². The molecule has 110 valence electrons. The van der Waals surface area contributed by atoms with Gasteiger partial charge in [0.2, 0.25) is 0 Å². The summed E-state index contributed by atoms with van der Waals surface area (Å²) in [5.74, 6) is 0. The summed E-state index contributed by atoms with van der Waals surface area (Å²) in [6, 6.07) is 7.94. The Morgan fingerprint density at radius 1 is 1.15 bits per heavy atom. The fraction of sp³-hybridized carbons (Fsp3) is 0.467. The minimum Gasteiger partial charge on any atom is -0.326 e. The van der Waals surface area contributed by atoms with Gasteiger partial charge in [-0.2, -0.15) is 13.2 Å². The molecule has 0 unspecified atom stereocenters. The van der Waals surface area contributed by atoms with Crippen molar-refractivity contribution in [2.24, 2.45) is 5.73 Å². The first-order valence-electron chi connectivity index (χ1n) is 6.76. The third kappa shape index (κ3) is 3.84. The first-order chi connectivity index (χ1) is 9.50. The highest BCUT2D eigenvalue weighted by Gasteiger charge is 2.34. The minimum absolute atomic E-state index is 0.0854. The molecule has 0 amide bonds. The van der Waals surface area contributed by atoms with Crippen LogP contribution in [0.25, 0.3) is 0 Å². The molecule has 1 aliphatic rings. The van der Waals surface area contributed by atoms with Gasteiger partial charge in [-0.05, 0) is 24.0 Å². The molecule has 20 heavy (non-hydrogen) atoms. The van der Waals surface area contributed by atoms with Crippen LogP contribution >= 0.6 is 0 Å². The molecule has 0 saturated heterocycles. The normalized spacial score (nSPS) is 17.1. The standard InChI is InChI=1S/C15H19F3N2/c16-15(17,18)14-6-9-20(10-7-14)8-5-12-3-1-2-4-13(12)11-19/h1-4,6H,5,7-11,19H2. The van der Waals surface area contributed by atoms with Crippen molar-refractivity contribution in [2.75, 3.05) is 19.6 Å². The fourth-order valence-electron chi connectivity index (χ4n) is 2.45. The zero-order valence-electron chi connectivity index (χ0n) is 11.3. The van der Waals surface area contributed by atoms with E-state index in [4.69, 9.17) is 5.73 Å². The SMILES string of the molecule is NCc1ccccc1CCN1CC=C(C(F)(F)F)CC1. The minimum atomic E-state index is -4.17. The lowest BCUT2D eigenvalue weighted by molar-refractivity contribution is -0.0959. The largest absolute Gasteiger partial charge is 0.412 e. The van der Waals surface area contributed by atoms with E-state index in [2.05, 4.69) is 0 Å². The van der Waals surface area contributed by atoms with E-state index in [1.54, 1.807) is 0 Å². The summed E-state index contributed by atoms with van der Waals surface area (Å²) in [7, 11) is 0. The molecular formula is C15H19F3N2. The van der Waals surface area contributed by atoms with Crippen LogP contribution in [-0.4, -0.2) is 30.7 Å². The number of halogens is 3. The molecule has 0 radical (unpaired) electrons. The Bertz CT molecular complexity index is 480. The van der Waals surface area contributed by atoms with Gasteiger partial charge >= 0.3 is 6.18 Å². The predicted molar refractivity (Wildman–Crippen MR) is 73.2 cm³/mol. The van der Waals surface area contributed by atoms with Crippen LogP contribution in [0.1, 0.15) is 17.5 Å². The zero-order chi connectivity index (χ0) is 14.6. The van der Waals surface area contributed by atoms with E-state index in [-0.39, 0.29) is 6.42 Å². The van der Waals surface area contributed by atoms with E-state index in [1.807, 2.05) is 29.2 Å². The second-order valence-corrected chi connectivity index (χ2v) is 5.00. The molecule has 0 atom stereocenters. The number of nitrogens with two attached hydrogens (primary N) is 1. The lowest BCUT2D eigenvalue weighted by Crippen LogP contribution is -2.33. The Hall–Kier alpha value is -1.33. The summed E-state index contributed by atoms with van der Waals surface area (Å²) in [6.07, 6.45) is -1.96. The summed E-state index contributed by atoms with van der Waals surface area (Å²) in [5, 5.41) is 0. The average molecular weight is 284 g/mol. The monoisotopic (exact) mass is 284 g/mol. The molecule has 0 bridgehead atoms. The lowest BCUT2D eigenvalue weighted by Gasteiger charge is -2.27. The molecule has 0 spiro atoms. The third-order valence-corrected chi connectivity index (χ3v) is 3.69. The van der Waals surface area contributed by atoms with Crippen molar-refractivity contribution in [3.63, 3.8) is 0 Å². The van der Waals surface area contributed by atoms with Crippen LogP contribution in [0.15, 0.2) is 35.9 Å². The van der Waals surface area contributed by atoms with E-state index < -0.39 is 11.7 Å². The van der Waals surface area contributed by atoms with E-state index >= 15 is 0 Å². The van der Waals surface area contributed by atoms with Crippen molar-refractivity contribution in [2.45, 2.75) is 25.6 Å². The maximum absolute atomic E-state index is 12.5. The van der Waals surface area contributed by atoms with Crippen LogP contribution in [0.3, 0.4) is 0 Å². The highest BCUT2D eigenvalue weighted by Crippen LogP contribution is 2.30. The quantitative estimate of drug-likeness (QED) is 0.861. The van der Waals surface area contributed by atoms with Gasteiger partial charge in [0.15, 0.2) is 0 Å². The number of nitrogens with zero attached hydrogens (tertiary/aromatic N) is 1. The maximum atomic E-state index is 12.5. The van der Waals surface area contributed by atoms with Gasteiger partial charge in [0.25, 0.3) is 0 Å². The summed E-state index contributed by atoms with van der Waals surface area (Å²) >= 11 is 0. The summed E-state index contributed by atoms with van der Waals surface area (Å²) < 4.78 is 37.6. The highest BCUT2D eigenvalue weighted by molar-refractivity contribution is 5.27. The van der Waals surface area contributed by atoms with Crippen molar-refractivity contribution in [1.82, 2.24) is 4.90 Å². The second kappa shape index (κ2) is 6.41. The molecule has 5 heteroatoms. The number of benzene rings is 1. The average Bonchev–Trinajstić information content (AvgIpc) is 2.45. The van der Waals surface area contributed by atoms with Crippen LogP contribution in [0, 0.1) is 0 Å². The molecule has 2 nitrogen and oxygen atoms in total. The summed E-state index contributed by atoms with van der Waals surface area (Å²) in [6.45, 7) is 2.10. The first-order valence-corrected chi connectivity index (χ1v) is 6.76. The molecule has 1 aromatic carbocycles. The number of alkyl halides is 3. The second-order valence-electron chi connectivity index (χ2n) is 5.00. The van der Waals surface area contributed by atoms with Gasteiger partial charge in [-0.1, -0.05) is 30.3 Å². The lowest BCUT2D eigenvalue weighted by atomic mass is 10.0. The van der Waals surface area contributed by atoms with Crippen molar-refractivity contribution in [3.8, 4) is 0 Å². The van der Waals surface area contributed by atoms with Crippen LogP contribution in [0.4, 0.5) is 13.2 Å². The Morgan fingerprint density at radius 3 is 2.40 bits per heavy atom. The Balaban J connectivity index is 1.89. The van der Waals surface area contributed by atoms with E-state index in [0.717, 1.165) is 18.5 Å². The van der Waals surface area contributed by atoms with Crippen LogP contribution in [0.2, 0.25) is 0 Å². The molecule has 0 aliphatic carbocycles. The molecule has 2 rings (SSSR count). The van der Waals surface area contributed by atoms with Gasteiger partial charge in [0.05, 0.1) is 0 Å². The van der Waals surface area contributed by atoms with Crippen molar-refractivity contribution in [1.29, 1.82) is 0 Å². The summed E-state index contributed by atoms with van der Waals surface area (Å²) in [5.41, 5.74) is 7.57. The van der Waals surface area contributed by atoms with E-state index in [0.29, 0.717) is 19.6 Å². The summed E-state index contributed by atoms with van der Waals surface area (Å²) in [4.78, 5) is 2.04. The molecule has 1 heterocycles. The Kier molecular flexibility index (Phi) is 4.83. The van der Waals surface area contributed by atoms with Gasteiger partial charge in [-0.25, -0.2) is 0 Å². The van der Waals surface area contributed by atoms with Crippen molar-refractivity contribution in [3.05, 3.63) is 47.0 Å². The third-order valence-electron chi connectivity index (χ3n) is 3.69. The first kappa shape index (κ1) is 15.1. The Morgan fingerprint density at radius 2 is 1.85 bits per heavy atom. The molecule has 1 aromatic rings. The molecule has 2 N–H and O–H groups in total. The predicted octanol–water partition coefficient (Wildman–Crippen LogP) is 2.88. The van der Waals surface area contributed by atoms with Gasteiger partial charge in [0, 0.05) is 31.8 Å². The van der Waals surface area contributed by atoms with Gasteiger partial charge < -0.3 is 5.73 Å². The number of hydrogen-bond acceptors (Lipinski definition) is 2. The maximum Gasteiger partial charge on any atom is 0.412 e. The van der Waals surface area contributed by atoms with Gasteiger partial charge in [-0.3, -0.25) is 4.90 Å². The zero-order valence-corrected chi connectivity index (χ0v) is 11.3. The highest BCUT2D eigenvalue weighted by atomic mass is 19.4. The van der Waals surface area contributed by atoms with Crippen LogP contribution < -0.4 is 5.73 Å². The van der Waals surface area contributed by atoms with E-state index in [9.17, 15) is 13.2 Å². The van der Waals surface area contributed by atoms with Crippen LogP contribution in [-0.2, 0) is 13.0 Å². The van der Waals surface area contributed by atoms with Crippen LogP contribution in [0.5, 0.6) is 0 Å². The number of rotatable bonds is 4. The van der Waals surface area contributed by atoms with Crippen molar-refractivity contribution < 1.29 is 13.2 Å². The van der Waals surface area contributed by atoms with Gasteiger partial charge in [0.1, 0.15) is 0 Å². The Labute approximate surface area is 117 Å². The van der Waals surface area contributed by atoms with Gasteiger partial charge in [-0.15, -0.1) is 0 Å².